The van der Waals surface area contributed by atoms with Crippen LogP contribution in [-0.4, -0.2) is 32.6 Å². The number of rotatable bonds is 6. The molecule has 5 heteroatoms. The molecule has 1 rings (SSSR count). The Balaban J connectivity index is 2.53. The molecule has 1 aromatic carbocycles. The molecule has 0 heterocycles. The van der Waals surface area contributed by atoms with Crippen molar-refractivity contribution >= 4 is 11.8 Å². The SMILES string of the molecule is CNC(COC)CSc1ccc(F)cc1F. The van der Waals surface area contributed by atoms with Crippen molar-refractivity contribution in [1.82, 2.24) is 5.32 Å². The lowest BCUT2D eigenvalue weighted by molar-refractivity contribution is 0.177. The van der Waals surface area contributed by atoms with Crippen molar-refractivity contribution in [3.8, 4) is 0 Å². The zero-order chi connectivity index (χ0) is 12.0. The maximum atomic E-state index is 13.3. The Bertz CT molecular complexity index is 336. The summed E-state index contributed by atoms with van der Waals surface area (Å²) in [7, 11) is 3.44. The van der Waals surface area contributed by atoms with E-state index < -0.39 is 11.6 Å². The van der Waals surface area contributed by atoms with Crippen LogP contribution in [0.5, 0.6) is 0 Å². The molecular weight excluding hydrogens is 232 g/mol. The molecule has 1 aromatic rings. The molecule has 0 fully saturated rings. The number of halogens is 2. The van der Waals surface area contributed by atoms with Crippen molar-refractivity contribution in [3.05, 3.63) is 29.8 Å². The highest BCUT2D eigenvalue weighted by Gasteiger charge is 2.09. The molecule has 0 amide bonds. The maximum absolute atomic E-state index is 13.3. The van der Waals surface area contributed by atoms with Gasteiger partial charge in [-0.2, -0.15) is 0 Å². The van der Waals surface area contributed by atoms with Crippen molar-refractivity contribution < 1.29 is 13.5 Å². The van der Waals surface area contributed by atoms with Gasteiger partial charge in [0.2, 0.25) is 0 Å². The molecule has 1 atom stereocenters. The lowest BCUT2D eigenvalue weighted by Crippen LogP contribution is -2.32. The Kier molecular flexibility index (Phi) is 5.73. The van der Waals surface area contributed by atoms with Crippen LogP contribution in [-0.2, 0) is 4.74 Å². The molecule has 0 saturated heterocycles. The summed E-state index contributed by atoms with van der Waals surface area (Å²) in [4.78, 5) is 0.456. The highest BCUT2D eigenvalue weighted by Crippen LogP contribution is 2.22. The first-order chi connectivity index (χ1) is 7.67. The Labute approximate surface area is 98.4 Å². The molecule has 0 aromatic heterocycles. The van der Waals surface area contributed by atoms with E-state index in [1.807, 2.05) is 7.05 Å². The van der Waals surface area contributed by atoms with Crippen LogP contribution >= 0.6 is 11.8 Å². The molecular formula is C11H15F2NOS. The molecule has 0 spiro atoms. The molecule has 1 unspecified atom stereocenters. The lowest BCUT2D eigenvalue weighted by atomic mass is 10.3. The van der Waals surface area contributed by atoms with Crippen LogP contribution in [0.15, 0.2) is 23.1 Å². The summed E-state index contributed by atoms with van der Waals surface area (Å²) >= 11 is 1.34. The van der Waals surface area contributed by atoms with Gasteiger partial charge in [-0.25, -0.2) is 8.78 Å². The Hall–Kier alpha value is -0.650. The molecule has 2 nitrogen and oxygen atoms in total. The van der Waals surface area contributed by atoms with Gasteiger partial charge in [0.1, 0.15) is 11.6 Å². The van der Waals surface area contributed by atoms with Crippen molar-refractivity contribution in [1.29, 1.82) is 0 Å². The number of hydrogen-bond donors (Lipinski definition) is 1. The van der Waals surface area contributed by atoms with Crippen LogP contribution in [0.25, 0.3) is 0 Å². The van der Waals surface area contributed by atoms with Gasteiger partial charge in [0, 0.05) is 29.9 Å². The van der Waals surface area contributed by atoms with Crippen LogP contribution in [0, 0.1) is 11.6 Å². The lowest BCUT2D eigenvalue weighted by Gasteiger charge is -2.14. The molecule has 0 saturated carbocycles. The molecule has 90 valence electrons. The zero-order valence-corrected chi connectivity index (χ0v) is 10.1. The number of nitrogens with one attached hydrogen (secondary N) is 1. The number of methoxy groups -OCH3 is 1. The topological polar surface area (TPSA) is 21.3 Å². The second-order valence-corrected chi connectivity index (χ2v) is 4.39. The van der Waals surface area contributed by atoms with Gasteiger partial charge in [-0.05, 0) is 19.2 Å². The number of likely N-dealkylation sites (N-methyl/N-ethyl adjacent to an activating group) is 1. The van der Waals surface area contributed by atoms with E-state index in [1.165, 1.54) is 23.9 Å². The minimum atomic E-state index is -0.552. The van der Waals surface area contributed by atoms with E-state index >= 15 is 0 Å². The first-order valence-corrected chi connectivity index (χ1v) is 5.90. The molecule has 16 heavy (non-hydrogen) atoms. The Morgan fingerprint density at radius 1 is 1.44 bits per heavy atom. The predicted molar refractivity (Wildman–Crippen MR) is 61.8 cm³/mol. The first-order valence-electron chi connectivity index (χ1n) is 4.91. The van der Waals surface area contributed by atoms with Crippen molar-refractivity contribution in [3.63, 3.8) is 0 Å². The molecule has 0 bridgehead atoms. The van der Waals surface area contributed by atoms with Gasteiger partial charge in [-0.3, -0.25) is 0 Å². The van der Waals surface area contributed by atoms with Crippen molar-refractivity contribution in [2.45, 2.75) is 10.9 Å². The second kappa shape index (κ2) is 6.83. The number of hydrogen-bond acceptors (Lipinski definition) is 3. The summed E-state index contributed by atoms with van der Waals surface area (Å²) in [6.07, 6.45) is 0. The number of thioether (sulfide) groups is 1. The minimum Gasteiger partial charge on any atom is -0.383 e. The van der Waals surface area contributed by atoms with Gasteiger partial charge < -0.3 is 10.1 Å². The fourth-order valence-electron chi connectivity index (χ4n) is 1.20. The van der Waals surface area contributed by atoms with E-state index in [1.54, 1.807) is 7.11 Å². The van der Waals surface area contributed by atoms with Crippen molar-refractivity contribution in [2.75, 3.05) is 26.5 Å². The van der Waals surface area contributed by atoms with E-state index in [2.05, 4.69) is 5.32 Å². The molecule has 1 N–H and O–H groups in total. The summed E-state index contributed by atoms with van der Waals surface area (Å²) in [6.45, 7) is 0.562. The van der Waals surface area contributed by atoms with Gasteiger partial charge in [0.25, 0.3) is 0 Å². The van der Waals surface area contributed by atoms with Gasteiger partial charge in [-0.1, -0.05) is 0 Å². The van der Waals surface area contributed by atoms with E-state index in [4.69, 9.17) is 4.74 Å². The van der Waals surface area contributed by atoms with Crippen LogP contribution in [0.3, 0.4) is 0 Å². The third kappa shape index (κ3) is 4.08. The summed E-state index contributed by atoms with van der Waals surface area (Å²) in [5, 5.41) is 3.06. The highest BCUT2D eigenvalue weighted by molar-refractivity contribution is 7.99. The normalized spacial score (nSPS) is 12.8. The highest BCUT2D eigenvalue weighted by atomic mass is 32.2. The zero-order valence-electron chi connectivity index (χ0n) is 9.30. The number of ether oxygens (including phenoxy) is 1. The van der Waals surface area contributed by atoms with Gasteiger partial charge in [0.15, 0.2) is 0 Å². The van der Waals surface area contributed by atoms with Crippen LogP contribution in [0.2, 0.25) is 0 Å². The number of benzene rings is 1. The standard InChI is InChI=1S/C11H15F2NOS/c1-14-9(6-15-2)7-16-11-4-3-8(12)5-10(11)13/h3-5,9,14H,6-7H2,1-2H3. The Morgan fingerprint density at radius 3 is 2.75 bits per heavy atom. The predicted octanol–water partition coefficient (Wildman–Crippen LogP) is 2.29. The Morgan fingerprint density at radius 2 is 2.19 bits per heavy atom. The van der Waals surface area contributed by atoms with Gasteiger partial charge >= 0.3 is 0 Å². The molecule has 0 radical (unpaired) electrons. The minimum absolute atomic E-state index is 0.152. The van der Waals surface area contributed by atoms with E-state index in [-0.39, 0.29) is 6.04 Å². The van der Waals surface area contributed by atoms with Crippen LogP contribution in [0.4, 0.5) is 8.78 Å². The van der Waals surface area contributed by atoms with Crippen molar-refractivity contribution in [2.24, 2.45) is 0 Å². The quantitative estimate of drug-likeness (QED) is 0.779. The average Bonchev–Trinajstić information content (AvgIpc) is 2.26. The largest absolute Gasteiger partial charge is 0.383 e. The van der Waals surface area contributed by atoms with Crippen LogP contribution in [0.1, 0.15) is 0 Å². The van der Waals surface area contributed by atoms with E-state index in [0.717, 1.165) is 6.07 Å². The maximum Gasteiger partial charge on any atom is 0.139 e. The second-order valence-electron chi connectivity index (χ2n) is 3.33. The van der Waals surface area contributed by atoms with Gasteiger partial charge in [0.05, 0.1) is 6.61 Å². The monoisotopic (exact) mass is 247 g/mol. The third-order valence-corrected chi connectivity index (χ3v) is 3.32. The molecule has 0 aliphatic rings. The summed E-state index contributed by atoms with van der Waals surface area (Å²) in [6, 6.07) is 3.76. The fourth-order valence-corrected chi connectivity index (χ4v) is 2.20. The summed E-state index contributed by atoms with van der Waals surface area (Å²) in [5.74, 6) is -0.395. The molecule has 0 aliphatic heterocycles. The fraction of sp³-hybridized carbons (Fsp3) is 0.455. The summed E-state index contributed by atoms with van der Waals surface area (Å²) < 4.78 is 30.9. The van der Waals surface area contributed by atoms with E-state index in [9.17, 15) is 8.78 Å². The third-order valence-electron chi connectivity index (χ3n) is 2.11. The summed E-state index contributed by atoms with van der Waals surface area (Å²) in [5.41, 5.74) is 0. The molecule has 0 aliphatic carbocycles. The van der Waals surface area contributed by atoms with Crippen LogP contribution < -0.4 is 5.32 Å². The van der Waals surface area contributed by atoms with Gasteiger partial charge in [-0.15, -0.1) is 11.8 Å². The first kappa shape index (κ1) is 13.4. The average molecular weight is 247 g/mol. The smallest absolute Gasteiger partial charge is 0.139 e. The van der Waals surface area contributed by atoms with E-state index in [0.29, 0.717) is 17.3 Å².